The maximum Gasteiger partial charge on any atom is 0.326 e. The minimum Gasteiger partial charge on any atom is -0.480 e. The Morgan fingerprint density at radius 1 is 1.17 bits per heavy atom. The van der Waals surface area contributed by atoms with E-state index in [-0.39, 0.29) is 12.1 Å². The molecule has 1 N–H and O–H groups in total. The zero-order valence-corrected chi connectivity index (χ0v) is 12.1. The number of likely N-dealkylation sites (N-methyl/N-ethyl adjacent to an activating group) is 1. The lowest BCUT2D eigenvalue weighted by molar-refractivity contribution is -0.141. The number of hydrogen-bond acceptors (Lipinski definition) is 2. The molecule has 106 valence electrons. The molecule has 1 unspecified atom stereocenters. The number of aliphatic carboxylic acids is 1. The minimum atomic E-state index is -0.983. The number of amides is 2. The van der Waals surface area contributed by atoms with E-state index in [4.69, 9.17) is 5.11 Å². The third-order valence-corrected chi connectivity index (χ3v) is 3.11. The molecule has 0 aliphatic carbocycles. The van der Waals surface area contributed by atoms with Crippen molar-refractivity contribution in [2.75, 3.05) is 13.6 Å². The summed E-state index contributed by atoms with van der Waals surface area (Å²) in [7, 11) is 1.54. The van der Waals surface area contributed by atoms with Crippen molar-refractivity contribution in [1.29, 1.82) is 0 Å². The van der Waals surface area contributed by atoms with Crippen LogP contribution >= 0.6 is 0 Å². The van der Waals surface area contributed by atoms with Gasteiger partial charge in [-0.2, -0.15) is 0 Å². The molecule has 0 fully saturated rings. The number of carboxylic acid groups (broad SMARTS) is 1. The average Bonchev–Trinajstić information content (AvgIpc) is 2.31. The molecule has 0 rings (SSSR count). The van der Waals surface area contributed by atoms with Gasteiger partial charge in [-0.15, -0.1) is 0 Å². The Labute approximate surface area is 110 Å². The van der Waals surface area contributed by atoms with E-state index in [9.17, 15) is 9.59 Å². The van der Waals surface area contributed by atoms with Gasteiger partial charge in [-0.25, -0.2) is 9.59 Å². The van der Waals surface area contributed by atoms with Gasteiger partial charge in [0.2, 0.25) is 0 Å². The summed E-state index contributed by atoms with van der Waals surface area (Å²) in [5.74, 6) is -0.983. The van der Waals surface area contributed by atoms with E-state index in [1.807, 2.05) is 13.8 Å². The quantitative estimate of drug-likeness (QED) is 0.713. The Kier molecular flexibility index (Phi) is 7.39. The van der Waals surface area contributed by atoms with E-state index in [1.165, 1.54) is 18.9 Å². The van der Waals surface area contributed by atoms with Crippen LogP contribution in [0.4, 0.5) is 4.79 Å². The molecule has 0 spiro atoms. The molecule has 5 nitrogen and oxygen atoms in total. The van der Waals surface area contributed by atoms with Crippen LogP contribution in [0.5, 0.6) is 0 Å². The summed E-state index contributed by atoms with van der Waals surface area (Å²) in [5, 5.41) is 8.92. The van der Waals surface area contributed by atoms with Gasteiger partial charge in [-0.05, 0) is 27.2 Å². The summed E-state index contributed by atoms with van der Waals surface area (Å²) in [6, 6.07) is -0.932. The summed E-state index contributed by atoms with van der Waals surface area (Å²) < 4.78 is 0. The van der Waals surface area contributed by atoms with Crippen LogP contribution in [-0.4, -0.2) is 52.6 Å². The second-order valence-corrected chi connectivity index (χ2v) is 4.90. The lowest BCUT2D eigenvalue weighted by atomic mass is 10.2. The molecule has 18 heavy (non-hydrogen) atoms. The zero-order chi connectivity index (χ0) is 14.3. The Morgan fingerprint density at radius 3 is 2.11 bits per heavy atom. The standard InChI is InChI=1S/C13H26N2O3/c1-6-7-8-9-15(10(2)3)13(18)14(5)11(4)12(16)17/h10-11H,6-9H2,1-5H3,(H,16,17). The summed E-state index contributed by atoms with van der Waals surface area (Å²) >= 11 is 0. The van der Waals surface area contributed by atoms with E-state index in [2.05, 4.69) is 6.92 Å². The van der Waals surface area contributed by atoms with Crippen LogP contribution in [-0.2, 0) is 4.79 Å². The first-order valence-corrected chi connectivity index (χ1v) is 6.59. The summed E-state index contributed by atoms with van der Waals surface area (Å²) in [6.07, 6.45) is 3.13. The molecule has 2 amide bonds. The maximum atomic E-state index is 12.2. The van der Waals surface area contributed by atoms with Gasteiger partial charge >= 0.3 is 12.0 Å². The van der Waals surface area contributed by atoms with Crippen molar-refractivity contribution in [3.63, 3.8) is 0 Å². The van der Waals surface area contributed by atoms with E-state index >= 15 is 0 Å². The molecule has 5 heteroatoms. The average molecular weight is 258 g/mol. The SMILES string of the molecule is CCCCCN(C(=O)N(C)C(C)C(=O)O)C(C)C. The summed E-state index contributed by atoms with van der Waals surface area (Å²) in [6.45, 7) is 8.21. The molecule has 0 aromatic rings. The largest absolute Gasteiger partial charge is 0.480 e. The van der Waals surface area contributed by atoms with Gasteiger partial charge in [0.05, 0.1) is 0 Å². The normalized spacial score (nSPS) is 12.3. The molecule has 1 atom stereocenters. The van der Waals surface area contributed by atoms with Crippen LogP contribution in [0.25, 0.3) is 0 Å². The third-order valence-electron chi connectivity index (χ3n) is 3.11. The molecule has 0 aliphatic heterocycles. The molecule has 0 heterocycles. The molecule has 0 saturated carbocycles. The number of hydrogen-bond donors (Lipinski definition) is 1. The lowest BCUT2D eigenvalue weighted by Gasteiger charge is -2.33. The fraction of sp³-hybridized carbons (Fsp3) is 0.846. The first kappa shape index (κ1) is 16.7. The second kappa shape index (κ2) is 7.95. The van der Waals surface area contributed by atoms with Gasteiger partial charge in [-0.1, -0.05) is 19.8 Å². The molecule has 0 aromatic heterocycles. The number of unbranched alkanes of at least 4 members (excludes halogenated alkanes) is 2. The van der Waals surface area contributed by atoms with E-state index < -0.39 is 12.0 Å². The van der Waals surface area contributed by atoms with Crippen molar-refractivity contribution in [1.82, 2.24) is 9.80 Å². The van der Waals surface area contributed by atoms with Crippen LogP contribution in [0.15, 0.2) is 0 Å². The first-order valence-electron chi connectivity index (χ1n) is 6.59. The van der Waals surface area contributed by atoms with Crippen LogP contribution in [0.2, 0.25) is 0 Å². The van der Waals surface area contributed by atoms with Gasteiger partial charge in [-0.3, -0.25) is 0 Å². The van der Waals surface area contributed by atoms with Gasteiger partial charge in [0.1, 0.15) is 6.04 Å². The predicted molar refractivity (Wildman–Crippen MR) is 71.6 cm³/mol. The number of nitrogens with zero attached hydrogens (tertiary/aromatic N) is 2. The van der Waals surface area contributed by atoms with Gasteiger partial charge < -0.3 is 14.9 Å². The highest BCUT2D eigenvalue weighted by molar-refractivity contribution is 5.82. The van der Waals surface area contributed by atoms with E-state index in [0.29, 0.717) is 6.54 Å². The number of rotatable bonds is 7. The molecular weight excluding hydrogens is 232 g/mol. The van der Waals surface area contributed by atoms with Crippen molar-refractivity contribution >= 4 is 12.0 Å². The smallest absolute Gasteiger partial charge is 0.326 e. The lowest BCUT2D eigenvalue weighted by Crippen LogP contribution is -2.50. The molecule has 0 saturated heterocycles. The van der Waals surface area contributed by atoms with Crippen LogP contribution in [0.3, 0.4) is 0 Å². The fourth-order valence-corrected chi connectivity index (χ4v) is 1.64. The molecule has 0 radical (unpaired) electrons. The third kappa shape index (κ3) is 4.94. The number of urea groups is 1. The molecule has 0 bridgehead atoms. The first-order chi connectivity index (χ1) is 8.32. The Morgan fingerprint density at radius 2 is 1.72 bits per heavy atom. The second-order valence-electron chi connectivity index (χ2n) is 4.90. The van der Waals surface area contributed by atoms with Crippen LogP contribution in [0, 0.1) is 0 Å². The summed E-state index contributed by atoms with van der Waals surface area (Å²) in [5.41, 5.74) is 0. The number of carbonyl (C=O) groups excluding carboxylic acids is 1. The van der Waals surface area contributed by atoms with E-state index in [1.54, 1.807) is 4.90 Å². The maximum absolute atomic E-state index is 12.2. The van der Waals surface area contributed by atoms with Crippen molar-refractivity contribution in [2.45, 2.75) is 59.0 Å². The van der Waals surface area contributed by atoms with Gasteiger partial charge in [0.15, 0.2) is 0 Å². The van der Waals surface area contributed by atoms with Crippen molar-refractivity contribution < 1.29 is 14.7 Å². The highest BCUT2D eigenvalue weighted by Gasteiger charge is 2.26. The Hall–Kier alpha value is -1.26. The topological polar surface area (TPSA) is 60.9 Å². The zero-order valence-electron chi connectivity index (χ0n) is 12.1. The fourth-order valence-electron chi connectivity index (χ4n) is 1.64. The van der Waals surface area contributed by atoms with Crippen molar-refractivity contribution in [3.05, 3.63) is 0 Å². The van der Waals surface area contributed by atoms with Crippen molar-refractivity contribution in [2.24, 2.45) is 0 Å². The van der Waals surface area contributed by atoms with E-state index in [0.717, 1.165) is 19.3 Å². The highest BCUT2D eigenvalue weighted by Crippen LogP contribution is 2.09. The summed E-state index contributed by atoms with van der Waals surface area (Å²) in [4.78, 5) is 26.1. The Balaban J connectivity index is 4.60. The van der Waals surface area contributed by atoms with Gasteiger partial charge in [0, 0.05) is 19.6 Å². The van der Waals surface area contributed by atoms with Crippen LogP contribution in [0.1, 0.15) is 47.0 Å². The number of carbonyl (C=O) groups is 2. The van der Waals surface area contributed by atoms with Crippen molar-refractivity contribution in [3.8, 4) is 0 Å². The highest BCUT2D eigenvalue weighted by atomic mass is 16.4. The minimum absolute atomic E-state index is 0.0813. The molecule has 0 aromatic carbocycles. The Bertz CT molecular complexity index is 279. The molecular formula is C13H26N2O3. The predicted octanol–water partition coefficient (Wildman–Crippen LogP) is 2.41. The monoisotopic (exact) mass is 258 g/mol. The van der Waals surface area contributed by atoms with Crippen LogP contribution < -0.4 is 0 Å². The number of carboxylic acids is 1. The molecule has 0 aliphatic rings. The van der Waals surface area contributed by atoms with Gasteiger partial charge in [0.25, 0.3) is 0 Å².